The maximum Gasteiger partial charge on any atom is 0.0475 e. The minimum absolute atomic E-state index is 0.203. The summed E-state index contributed by atoms with van der Waals surface area (Å²) >= 11 is 0. The average Bonchev–Trinajstić information content (AvgIpc) is 1.79. The molecule has 1 saturated heterocycles. The lowest BCUT2D eigenvalue weighted by Crippen LogP contribution is -2.52. The van der Waals surface area contributed by atoms with Crippen molar-refractivity contribution in [3.63, 3.8) is 0 Å². The largest absolute Gasteiger partial charge is 0.314 e. The molecule has 0 aromatic rings. The Morgan fingerprint density at radius 2 is 2.38 bits per heavy atom. The van der Waals surface area contributed by atoms with Gasteiger partial charge in [0.25, 0.3) is 0 Å². The molecular weight excluding hydrogens is 100 g/mol. The van der Waals surface area contributed by atoms with Crippen molar-refractivity contribution >= 4 is 0 Å². The van der Waals surface area contributed by atoms with Crippen molar-refractivity contribution < 1.29 is 5.48 Å². The topological polar surface area (TPSA) is 24.1 Å². The summed E-state index contributed by atoms with van der Waals surface area (Å²) in [6, 6.07) is -2.43. The van der Waals surface area contributed by atoms with Crippen LogP contribution in [0.15, 0.2) is 0 Å². The van der Waals surface area contributed by atoms with Gasteiger partial charge in [0, 0.05) is 30.6 Å². The van der Waals surface area contributed by atoms with E-state index in [0.717, 1.165) is 0 Å². The first-order valence-corrected chi connectivity index (χ1v) is 2.71. The minimum atomic E-state index is -1.78. The predicted octanol–water partition coefficient (Wildman–Crippen LogP) is -0.0438. The molecular formula is C6H14N2. The van der Waals surface area contributed by atoms with Crippen LogP contribution in [0.3, 0.4) is 0 Å². The van der Waals surface area contributed by atoms with E-state index in [1.54, 1.807) is 6.92 Å². The van der Waals surface area contributed by atoms with Crippen LogP contribution in [0.1, 0.15) is 19.3 Å². The highest BCUT2D eigenvalue weighted by atomic mass is 15.1. The van der Waals surface area contributed by atoms with Gasteiger partial charge in [-0.3, -0.25) is 0 Å². The Balaban J connectivity index is 2.82. The highest BCUT2D eigenvalue weighted by molar-refractivity contribution is 4.76. The van der Waals surface area contributed by atoms with Gasteiger partial charge in [-0.2, -0.15) is 0 Å². The molecule has 2 unspecified atom stereocenters. The number of rotatable bonds is 0. The van der Waals surface area contributed by atoms with Crippen LogP contribution < -0.4 is 10.6 Å². The van der Waals surface area contributed by atoms with Crippen LogP contribution in [0.5, 0.6) is 0 Å². The number of hydrogen-bond acceptors (Lipinski definition) is 2. The van der Waals surface area contributed by atoms with Gasteiger partial charge in [0.15, 0.2) is 0 Å². The fourth-order valence-corrected chi connectivity index (χ4v) is 0.705. The SMILES string of the molecule is [2H]C1(C)CNC([2H])([2H])C([2H])(C)N1. The zero-order valence-electron chi connectivity index (χ0n) is 9.21. The summed E-state index contributed by atoms with van der Waals surface area (Å²) in [4.78, 5) is 0. The third-order valence-corrected chi connectivity index (χ3v) is 1.03. The lowest BCUT2D eigenvalue weighted by atomic mass is 10.2. The van der Waals surface area contributed by atoms with E-state index < -0.39 is 18.5 Å². The van der Waals surface area contributed by atoms with E-state index in [9.17, 15) is 0 Å². The van der Waals surface area contributed by atoms with Crippen molar-refractivity contribution in [1.82, 2.24) is 10.6 Å². The molecule has 0 amide bonds. The standard InChI is InChI=1S/C6H14N2/c1-5-3-7-4-6(2)8-5/h5-8H,3-4H2,1-2H3/i3D2,5D,6D. The van der Waals surface area contributed by atoms with Crippen LogP contribution in [0.2, 0.25) is 0 Å². The first-order valence-electron chi connectivity index (χ1n) is 4.71. The Kier molecular flexibility index (Phi) is 0.822. The molecule has 48 valence electrons. The van der Waals surface area contributed by atoms with E-state index in [-0.39, 0.29) is 6.54 Å². The first-order chi connectivity index (χ1) is 5.16. The molecule has 0 radical (unpaired) electrons. The van der Waals surface area contributed by atoms with Crippen molar-refractivity contribution in [2.45, 2.75) is 25.9 Å². The molecule has 1 heterocycles. The predicted molar refractivity (Wildman–Crippen MR) is 34.9 cm³/mol. The van der Waals surface area contributed by atoms with Crippen molar-refractivity contribution in [3.8, 4) is 0 Å². The normalized spacial score (nSPS) is 71.8. The number of hydrogen-bond donors (Lipinski definition) is 2. The Bertz CT molecular complexity index is 190. The van der Waals surface area contributed by atoms with Gasteiger partial charge < -0.3 is 10.6 Å². The van der Waals surface area contributed by atoms with E-state index in [2.05, 4.69) is 10.6 Å². The van der Waals surface area contributed by atoms with Gasteiger partial charge in [-0.15, -0.1) is 0 Å². The Hall–Kier alpha value is -0.0800. The summed E-state index contributed by atoms with van der Waals surface area (Å²) in [5, 5.41) is 5.15. The van der Waals surface area contributed by atoms with Gasteiger partial charge in [0.1, 0.15) is 0 Å². The summed E-state index contributed by atoms with van der Waals surface area (Å²) in [6.45, 7) is 1.45. The second-order valence-electron chi connectivity index (χ2n) is 2.01. The maximum absolute atomic E-state index is 7.62. The van der Waals surface area contributed by atoms with Crippen molar-refractivity contribution in [3.05, 3.63) is 0 Å². The van der Waals surface area contributed by atoms with Gasteiger partial charge in [0.05, 0.1) is 0 Å². The summed E-state index contributed by atoms with van der Waals surface area (Å²) in [5.41, 5.74) is 0. The summed E-state index contributed by atoms with van der Waals surface area (Å²) in [6.07, 6.45) is 0. The zero-order chi connectivity index (χ0) is 9.62. The Morgan fingerprint density at radius 1 is 1.62 bits per heavy atom. The molecule has 2 heteroatoms. The maximum atomic E-state index is 7.62. The van der Waals surface area contributed by atoms with Crippen molar-refractivity contribution in [2.75, 3.05) is 13.0 Å². The third kappa shape index (κ3) is 1.46. The Labute approximate surface area is 56.3 Å². The molecule has 0 aliphatic carbocycles. The quantitative estimate of drug-likeness (QED) is 0.466. The van der Waals surface area contributed by atoms with Crippen LogP contribution >= 0.6 is 0 Å². The van der Waals surface area contributed by atoms with Crippen LogP contribution in [-0.2, 0) is 0 Å². The third-order valence-electron chi connectivity index (χ3n) is 1.03. The molecule has 8 heavy (non-hydrogen) atoms. The molecule has 2 N–H and O–H groups in total. The van der Waals surface area contributed by atoms with Crippen LogP contribution in [0.25, 0.3) is 0 Å². The molecule has 0 spiro atoms. The highest BCUT2D eigenvalue weighted by Crippen LogP contribution is 1.90. The van der Waals surface area contributed by atoms with Crippen molar-refractivity contribution in [1.29, 1.82) is 0 Å². The van der Waals surface area contributed by atoms with Gasteiger partial charge in [0.2, 0.25) is 0 Å². The summed E-state index contributed by atoms with van der Waals surface area (Å²) in [7, 11) is 0. The lowest BCUT2D eigenvalue weighted by molar-refractivity contribution is 0.370. The van der Waals surface area contributed by atoms with Gasteiger partial charge in [-0.25, -0.2) is 0 Å². The molecule has 0 aromatic carbocycles. The summed E-state index contributed by atoms with van der Waals surface area (Å²) < 4.78 is 30.1. The minimum Gasteiger partial charge on any atom is -0.314 e. The molecule has 0 bridgehead atoms. The second kappa shape index (κ2) is 2.46. The molecule has 2 atom stereocenters. The van der Waals surface area contributed by atoms with Gasteiger partial charge in [-0.05, 0) is 13.8 Å². The van der Waals surface area contributed by atoms with E-state index in [4.69, 9.17) is 5.48 Å². The van der Waals surface area contributed by atoms with E-state index >= 15 is 0 Å². The fraction of sp³-hybridized carbons (Fsp3) is 1.00. The van der Waals surface area contributed by atoms with Crippen LogP contribution in [0.4, 0.5) is 0 Å². The van der Waals surface area contributed by atoms with Crippen LogP contribution in [-0.4, -0.2) is 25.1 Å². The zero-order valence-corrected chi connectivity index (χ0v) is 5.21. The molecule has 1 rings (SSSR count). The fourth-order valence-electron chi connectivity index (χ4n) is 0.705. The molecule has 2 nitrogen and oxygen atoms in total. The van der Waals surface area contributed by atoms with E-state index in [1.165, 1.54) is 6.92 Å². The van der Waals surface area contributed by atoms with Gasteiger partial charge in [-0.1, -0.05) is 0 Å². The highest BCUT2D eigenvalue weighted by Gasteiger charge is 2.11. The molecule has 1 aliphatic rings. The van der Waals surface area contributed by atoms with E-state index in [1.807, 2.05) is 0 Å². The molecule has 1 aliphatic heterocycles. The summed E-state index contributed by atoms with van der Waals surface area (Å²) in [5.74, 6) is 0. The van der Waals surface area contributed by atoms with Gasteiger partial charge >= 0.3 is 0 Å². The smallest absolute Gasteiger partial charge is 0.0475 e. The molecule has 0 saturated carbocycles. The second-order valence-corrected chi connectivity index (χ2v) is 2.01. The molecule has 0 aromatic heterocycles. The number of piperazine rings is 1. The Morgan fingerprint density at radius 3 is 2.88 bits per heavy atom. The first kappa shape index (κ1) is 2.67. The lowest BCUT2D eigenvalue weighted by Gasteiger charge is -2.26. The number of nitrogens with one attached hydrogen (secondary N) is 2. The van der Waals surface area contributed by atoms with E-state index in [0.29, 0.717) is 0 Å². The molecule has 1 fully saturated rings. The monoisotopic (exact) mass is 118 g/mol. The van der Waals surface area contributed by atoms with Crippen molar-refractivity contribution in [2.24, 2.45) is 0 Å². The average molecular weight is 118 g/mol. The van der Waals surface area contributed by atoms with Crippen LogP contribution in [0, 0.1) is 0 Å².